The van der Waals surface area contributed by atoms with Gasteiger partial charge < -0.3 is 4.74 Å². The van der Waals surface area contributed by atoms with Crippen molar-refractivity contribution in [3.63, 3.8) is 0 Å². The summed E-state index contributed by atoms with van der Waals surface area (Å²) in [5.41, 5.74) is 1.88. The quantitative estimate of drug-likeness (QED) is 0.855. The maximum Gasteiger partial charge on any atom is 0.573 e. The summed E-state index contributed by atoms with van der Waals surface area (Å²) in [5, 5.41) is 4.07. The molecule has 110 valence electrons. The number of rotatable bonds is 2. The third kappa shape index (κ3) is 2.76. The van der Waals surface area contributed by atoms with Gasteiger partial charge in [-0.25, -0.2) is 0 Å². The summed E-state index contributed by atoms with van der Waals surface area (Å²) in [5.74, 6) is -0.333. The van der Waals surface area contributed by atoms with Crippen molar-refractivity contribution >= 4 is 0 Å². The summed E-state index contributed by atoms with van der Waals surface area (Å²) in [6, 6.07) is 5.06. The summed E-state index contributed by atoms with van der Waals surface area (Å²) in [6.45, 7) is 0. The van der Waals surface area contributed by atoms with Gasteiger partial charge in [-0.3, -0.25) is 4.79 Å². The lowest BCUT2D eigenvalue weighted by Gasteiger charge is -2.10. The monoisotopic (exact) mass is 296 g/mol. The molecule has 0 fully saturated rings. The highest BCUT2D eigenvalue weighted by atomic mass is 19.4. The van der Waals surface area contributed by atoms with Crippen LogP contribution in [-0.4, -0.2) is 16.1 Å². The second kappa shape index (κ2) is 4.91. The van der Waals surface area contributed by atoms with Crippen LogP contribution in [0.25, 0.3) is 5.69 Å². The molecule has 1 aliphatic carbocycles. The van der Waals surface area contributed by atoms with Gasteiger partial charge >= 0.3 is 6.36 Å². The van der Waals surface area contributed by atoms with Crippen LogP contribution in [-0.2, 0) is 12.8 Å². The molecular formula is C14H11F3N2O2. The molecule has 4 nitrogen and oxygen atoms in total. The third-order valence-corrected chi connectivity index (χ3v) is 3.35. The molecule has 1 aromatic heterocycles. The van der Waals surface area contributed by atoms with E-state index in [1.165, 1.54) is 16.8 Å². The van der Waals surface area contributed by atoms with Gasteiger partial charge in [-0.15, -0.1) is 13.2 Å². The van der Waals surface area contributed by atoms with Crippen LogP contribution in [0.15, 0.2) is 35.3 Å². The molecule has 0 spiro atoms. The Labute approximate surface area is 117 Å². The van der Waals surface area contributed by atoms with Crippen molar-refractivity contribution in [2.75, 3.05) is 0 Å². The first-order valence-corrected chi connectivity index (χ1v) is 6.40. The summed E-state index contributed by atoms with van der Waals surface area (Å²) in [7, 11) is 0. The minimum Gasteiger partial charge on any atom is -0.406 e. The summed E-state index contributed by atoms with van der Waals surface area (Å²) < 4.78 is 41.3. The summed E-state index contributed by atoms with van der Waals surface area (Å²) in [4.78, 5) is 12.3. The average Bonchev–Trinajstić information content (AvgIpc) is 2.88. The molecule has 0 aliphatic heterocycles. The van der Waals surface area contributed by atoms with Crippen LogP contribution in [0.4, 0.5) is 13.2 Å². The number of aromatic nitrogens is 2. The lowest BCUT2D eigenvalue weighted by molar-refractivity contribution is -0.274. The molecule has 0 N–H and O–H groups in total. The second-order valence-corrected chi connectivity index (χ2v) is 4.76. The molecule has 3 rings (SSSR count). The van der Waals surface area contributed by atoms with Gasteiger partial charge in [0.05, 0.1) is 11.9 Å². The number of hydrogen-bond donors (Lipinski definition) is 0. The van der Waals surface area contributed by atoms with Gasteiger partial charge in [-0.1, -0.05) is 0 Å². The Morgan fingerprint density at radius 1 is 1.14 bits per heavy atom. The van der Waals surface area contributed by atoms with E-state index in [4.69, 9.17) is 0 Å². The van der Waals surface area contributed by atoms with Crippen LogP contribution in [0, 0.1) is 0 Å². The predicted molar refractivity (Wildman–Crippen MR) is 68.5 cm³/mol. The molecule has 0 saturated heterocycles. The molecule has 1 heterocycles. The molecule has 2 aromatic rings. The van der Waals surface area contributed by atoms with Gasteiger partial charge in [0.1, 0.15) is 5.75 Å². The summed E-state index contributed by atoms with van der Waals surface area (Å²) in [6.07, 6.45) is -0.606. The van der Waals surface area contributed by atoms with E-state index in [1.54, 1.807) is 6.20 Å². The number of hydrogen-bond acceptors (Lipinski definition) is 3. The fourth-order valence-electron chi connectivity index (χ4n) is 2.43. The van der Waals surface area contributed by atoms with Crippen LogP contribution in [0.3, 0.4) is 0 Å². The number of aryl methyl sites for hydroxylation is 1. The van der Waals surface area contributed by atoms with E-state index in [0.29, 0.717) is 12.1 Å². The zero-order chi connectivity index (χ0) is 15.0. The molecule has 1 aliphatic rings. The molecule has 1 aromatic carbocycles. The highest BCUT2D eigenvalue weighted by Gasteiger charge is 2.31. The molecule has 0 amide bonds. The first-order valence-electron chi connectivity index (χ1n) is 6.40. The number of nitrogens with zero attached hydrogens (tertiary/aromatic N) is 2. The Hall–Kier alpha value is -2.31. The molecule has 0 bridgehead atoms. The van der Waals surface area contributed by atoms with Crippen LogP contribution in [0.2, 0.25) is 0 Å². The van der Waals surface area contributed by atoms with Crippen molar-refractivity contribution in [2.45, 2.75) is 25.6 Å². The van der Waals surface area contributed by atoms with Gasteiger partial charge in [-0.2, -0.15) is 9.78 Å². The van der Waals surface area contributed by atoms with Crippen molar-refractivity contribution in [2.24, 2.45) is 0 Å². The van der Waals surface area contributed by atoms with E-state index in [9.17, 15) is 18.0 Å². The first kappa shape index (κ1) is 13.7. The smallest absolute Gasteiger partial charge is 0.406 e. The minimum absolute atomic E-state index is 0.213. The Morgan fingerprint density at radius 2 is 1.86 bits per heavy atom. The molecule has 21 heavy (non-hydrogen) atoms. The average molecular weight is 296 g/mol. The van der Waals surface area contributed by atoms with E-state index >= 15 is 0 Å². The van der Waals surface area contributed by atoms with Gasteiger partial charge in [0, 0.05) is 5.56 Å². The standard InChI is InChI=1S/C14H11F3N2O2/c15-14(16,17)21-11-6-4-10(5-7-11)19-13(20)12-3-1-2-9(12)8-18-19/h4-8H,1-3H2. The van der Waals surface area contributed by atoms with E-state index in [0.717, 1.165) is 36.1 Å². The minimum atomic E-state index is -4.73. The van der Waals surface area contributed by atoms with Crippen molar-refractivity contribution in [3.05, 3.63) is 51.9 Å². The molecule has 0 radical (unpaired) electrons. The van der Waals surface area contributed by atoms with Gasteiger partial charge in [0.15, 0.2) is 0 Å². The predicted octanol–water partition coefficient (Wildman–Crippen LogP) is 2.62. The van der Waals surface area contributed by atoms with Crippen molar-refractivity contribution in [1.82, 2.24) is 9.78 Å². The topological polar surface area (TPSA) is 44.1 Å². The Kier molecular flexibility index (Phi) is 3.19. The van der Waals surface area contributed by atoms with Crippen molar-refractivity contribution in [1.29, 1.82) is 0 Å². The van der Waals surface area contributed by atoms with Crippen LogP contribution in [0.1, 0.15) is 17.5 Å². The number of fused-ring (bicyclic) bond motifs is 1. The second-order valence-electron chi connectivity index (χ2n) is 4.76. The maximum absolute atomic E-state index is 12.3. The maximum atomic E-state index is 12.3. The van der Waals surface area contributed by atoms with Crippen molar-refractivity contribution < 1.29 is 17.9 Å². The Balaban J connectivity index is 1.93. The first-order chi connectivity index (χ1) is 9.94. The fourth-order valence-corrected chi connectivity index (χ4v) is 2.43. The normalized spacial score (nSPS) is 14.0. The van der Waals surface area contributed by atoms with E-state index < -0.39 is 6.36 Å². The molecule has 0 unspecified atom stereocenters. The SMILES string of the molecule is O=c1c2c(cnn1-c1ccc(OC(F)(F)F)cc1)CCC2. The number of alkyl halides is 3. The highest BCUT2D eigenvalue weighted by molar-refractivity contribution is 5.38. The summed E-state index contributed by atoms with van der Waals surface area (Å²) >= 11 is 0. The van der Waals surface area contributed by atoms with E-state index in [2.05, 4.69) is 9.84 Å². The number of halogens is 3. The Bertz CT molecular complexity index is 720. The number of benzene rings is 1. The van der Waals surface area contributed by atoms with E-state index in [1.807, 2.05) is 0 Å². The molecule has 7 heteroatoms. The largest absolute Gasteiger partial charge is 0.573 e. The van der Waals surface area contributed by atoms with Crippen molar-refractivity contribution in [3.8, 4) is 11.4 Å². The van der Waals surface area contributed by atoms with E-state index in [-0.39, 0.29) is 11.3 Å². The number of ether oxygens (including phenoxy) is 1. The zero-order valence-corrected chi connectivity index (χ0v) is 10.9. The fraction of sp³-hybridized carbons (Fsp3) is 0.286. The van der Waals surface area contributed by atoms with Gasteiger partial charge in [0.25, 0.3) is 5.56 Å². The lowest BCUT2D eigenvalue weighted by atomic mass is 10.2. The highest BCUT2D eigenvalue weighted by Crippen LogP contribution is 2.23. The van der Waals surface area contributed by atoms with Crippen LogP contribution < -0.4 is 10.3 Å². The third-order valence-electron chi connectivity index (χ3n) is 3.35. The molecule has 0 saturated carbocycles. The van der Waals surface area contributed by atoms with Gasteiger partial charge in [-0.05, 0) is 49.1 Å². The zero-order valence-electron chi connectivity index (χ0n) is 10.9. The van der Waals surface area contributed by atoms with Crippen LogP contribution in [0.5, 0.6) is 5.75 Å². The lowest BCUT2D eigenvalue weighted by Crippen LogP contribution is -2.24. The Morgan fingerprint density at radius 3 is 2.52 bits per heavy atom. The van der Waals surface area contributed by atoms with Gasteiger partial charge in [0.2, 0.25) is 0 Å². The van der Waals surface area contributed by atoms with Crippen LogP contribution >= 0.6 is 0 Å². The molecular weight excluding hydrogens is 285 g/mol. The molecule has 0 atom stereocenters.